The van der Waals surface area contributed by atoms with Gasteiger partial charge < -0.3 is 26.4 Å². The van der Waals surface area contributed by atoms with Gasteiger partial charge >= 0.3 is 0 Å². The second-order valence-corrected chi connectivity index (χ2v) is 26.9. The molecular weight excluding hydrogens is 1580 g/mol. The number of aromatic nitrogens is 16. The van der Waals surface area contributed by atoms with Gasteiger partial charge in [-0.15, -0.1) is 29.1 Å². The average Bonchev–Trinajstić information content (AvgIpc) is 1.60. The van der Waals surface area contributed by atoms with Crippen LogP contribution in [0, 0.1) is 12.3 Å². The number of anilines is 4. The van der Waals surface area contributed by atoms with Crippen LogP contribution in [-0.2, 0) is 26.2 Å². The summed E-state index contributed by atoms with van der Waals surface area (Å²) in [4.78, 5) is 38.3. The molecule has 0 saturated heterocycles. The highest BCUT2D eigenvalue weighted by Gasteiger charge is 2.19. The molecule has 14 aromatic heterocycles. The van der Waals surface area contributed by atoms with Crippen molar-refractivity contribution in [2.24, 2.45) is 0 Å². The van der Waals surface area contributed by atoms with Crippen LogP contribution in [0.25, 0.3) is 55.0 Å². The Bertz CT molecular complexity index is 5160. The Kier molecular flexibility index (Phi) is 21.8. The molecule has 0 amide bonds. The maximum absolute atomic E-state index is 9.78. The van der Waals surface area contributed by atoms with Gasteiger partial charge in [0.2, 0.25) is 12.4 Å². The number of hydrogen-bond acceptors (Lipinski definition) is 19. The molecule has 480 valence electrons. The summed E-state index contributed by atoms with van der Waals surface area (Å²) < 4.78 is 13.3. The molecular formula is C67H54Br5N20O2S2+. The minimum Gasteiger partial charge on any atom is -0.387 e. The molecule has 1 atom stereocenters. The first-order valence-corrected chi connectivity index (χ1v) is 35.0. The van der Waals surface area contributed by atoms with Crippen molar-refractivity contribution in [3.05, 3.63) is 256 Å². The molecule has 0 fully saturated rings. The van der Waals surface area contributed by atoms with Crippen LogP contribution in [0.1, 0.15) is 46.5 Å². The summed E-state index contributed by atoms with van der Waals surface area (Å²) in [6.07, 6.45) is 26.3. The predicted molar refractivity (Wildman–Crippen MR) is 392 cm³/mol. The molecule has 14 heterocycles. The van der Waals surface area contributed by atoms with E-state index in [0.717, 1.165) is 112 Å². The highest BCUT2D eigenvalue weighted by molar-refractivity contribution is 9.11. The van der Waals surface area contributed by atoms with Gasteiger partial charge in [0.05, 0.1) is 82.4 Å². The van der Waals surface area contributed by atoms with Crippen LogP contribution < -0.4 is 30.8 Å². The molecule has 15 rings (SSSR count). The number of terminal acetylenes is 1. The van der Waals surface area contributed by atoms with Crippen LogP contribution in [0.15, 0.2) is 223 Å². The number of aliphatic hydroxyl groups is 1. The lowest BCUT2D eigenvalue weighted by molar-refractivity contribution is -0.885. The zero-order valence-electron chi connectivity index (χ0n) is 50.8. The Morgan fingerprint density at radius 2 is 0.927 bits per heavy atom. The fourth-order valence-electron chi connectivity index (χ4n) is 9.55. The summed E-state index contributed by atoms with van der Waals surface area (Å²) in [5, 5.41) is 44.9. The van der Waals surface area contributed by atoms with Gasteiger partial charge in [-0.05, 0) is 150 Å². The number of nitrogens with one attached hydrogen (secondary N) is 4. The summed E-state index contributed by atoms with van der Waals surface area (Å²) >= 11 is 20.9. The van der Waals surface area contributed by atoms with Gasteiger partial charge in [0.1, 0.15) is 30.4 Å². The fraction of sp³-hybridized carbons (Fsp3) is 0.104. The molecule has 15 aromatic rings. The third-order valence-corrected chi connectivity index (χ3v) is 19.6. The highest BCUT2D eigenvalue weighted by Crippen LogP contribution is 2.37. The summed E-state index contributed by atoms with van der Waals surface area (Å²) in [6, 6.07) is 37.6. The molecule has 0 aliphatic rings. The van der Waals surface area contributed by atoms with Crippen LogP contribution in [0.4, 0.5) is 23.3 Å². The van der Waals surface area contributed by atoms with E-state index in [4.69, 9.17) is 26.2 Å². The molecule has 22 nitrogen and oxygen atoms in total. The second-order valence-electron chi connectivity index (χ2n) is 20.8. The van der Waals surface area contributed by atoms with E-state index in [-0.39, 0.29) is 0 Å². The summed E-state index contributed by atoms with van der Waals surface area (Å²) in [5.41, 5.74) is 12.1. The first-order chi connectivity index (χ1) is 46.9. The van der Waals surface area contributed by atoms with Crippen molar-refractivity contribution in [2.75, 3.05) is 28.4 Å². The molecule has 96 heavy (non-hydrogen) atoms. The van der Waals surface area contributed by atoms with Crippen LogP contribution in [0.3, 0.4) is 0 Å². The Balaban J connectivity index is 0.000000123. The van der Waals surface area contributed by atoms with E-state index in [1.165, 1.54) is 0 Å². The van der Waals surface area contributed by atoms with E-state index in [9.17, 15) is 5.11 Å². The van der Waals surface area contributed by atoms with E-state index in [0.29, 0.717) is 48.7 Å². The molecule has 0 aliphatic carbocycles. The summed E-state index contributed by atoms with van der Waals surface area (Å²) in [7, 11) is 1.63. The van der Waals surface area contributed by atoms with Crippen molar-refractivity contribution in [1.29, 1.82) is 0 Å². The van der Waals surface area contributed by atoms with Gasteiger partial charge in [-0.2, -0.15) is 38.5 Å². The third kappa shape index (κ3) is 15.9. The van der Waals surface area contributed by atoms with Crippen LogP contribution in [0.5, 0.6) is 0 Å². The molecule has 29 heteroatoms. The van der Waals surface area contributed by atoms with Gasteiger partial charge in [0.15, 0.2) is 22.6 Å². The Morgan fingerprint density at radius 1 is 0.500 bits per heavy atom. The number of aliphatic hydroxyl groups excluding tert-OH is 1. The average molecular weight is 1630 g/mol. The number of thiophene rings is 2. The zero-order valence-corrected chi connectivity index (χ0v) is 60.3. The third-order valence-electron chi connectivity index (χ3n) is 14.2. The topological polar surface area (TPSA) is 241 Å². The van der Waals surface area contributed by atoms with E-state index >= 15 is 0 Å². The smallest absolute Gasteiger partial charge is 0.227 e. The van der Waals surface area contributed by atoms with Gasteiger partial charge in [-0.1, -0.05) is 54.5 Å². The maximum atomic E-state index is 9.78. The summed E-state index contributed by atoms with van der Waals surface area (Å²) in [6.45, 7) is 4.23. The molecule has 1 aromatic carbocycles. The van der Waals surface area contributed by atoms with Crippen molar-refractivity contribution in [3.8, 4) is 44.7 Å². The number of hydrogen-bond donors (Lipinski definition) is 5. The van der Waals surface area contributed by atoms with E-state index < -0.39 is 6.10 Å². The second kappa shape index (κ2) is 31.5. The Morgan fingerprint density at radius 3 is 1.36 bits per heavy atom. The van der Waals surface area contributed by atoms with Gasteiger partial charge in [0.25, 0.3) is 0 Å². The minimum atomic E-state index is -0.643. The lowest BCUT2D eigenvalue weighted by Crippen LogP contribution is -2.40. The van der Waals surface area contributed by atoms with Crippen molar-refractivity contribution in [3.63, 3.8) is 0 Å². The number of halogens is 5. The molecule has 0 aliphatic heterocycles. The van der Waals surface area contributed by atoms with Crippen LogP contribution in [-0.4, -0.2) is 85.6 Å². The molecule has 1 unspecified atom stereocenters. The first-order valence-electron chi connectivity index (χ1n) is 29.2. The van der Waals surface area contributed by atoms with Crippen LogP contribution >= 0.6 is 102 Å². The van der Waals surface area contributed by atoms with Gasteiger partial charge in [-0.25, -0.2) is 19.9 Å². The minimum absolute atomic E-state index is 0.595. The maximum Gasteiger partial charge on any atom is 0.227 e. The predicted octanol–water partition coefficient (Wildman–Crippen LogP) is 14.9. The lowest BCUT2D eigenvalue weighted by atomic mass is 10.1. The normalized spacial score (nSPS) is 11.2. The molecule has 5 N–H and O–H groups in total. The number of fused-ring (bicyclic) bond motifs is 4. The van der Waals surface area contributed by atoms with E-state index in [1.807, 2.05) is 145 Å². The monoisotopic (exact) mass is 1630 g/mol. The van der Waals surface area contributed by atoms with Crippen molar-refractivity contribution in [1.82, 2.24) is 73.3 Å². The summed E-state index contributed by atoms with van der Waals surface area (Å²) in [5.74, 6) is 5.99. The molecule has 0 spiro atoms. The van der Waals surface area contributed by atoms with E-state index in [2.05, 4.69) is 147 Å². The van der Waals surface area contributed by atoms with E-state index in [1.54, 1.807) is 115 Å². The first kappa shape index (κ1) is 66.6. The highest BCUT2D eigenvalue weighted by atomic mass is 79.9. The number of rotatable bonds is 17. The van der Waals surface area contributed by atoms with Crippen molar-refractivity contribution in [2.45, 2.75) is 39.2 Å². The largest absolute Gasteiger partial charge is 0.387 e. The molecule has 0 radical (unpaired) electrons. The zero-order chi connectivity index (χ0) is 66.5. The SMILES string of the molecule is Brc1ccsc1-c1cc(NCc2cccnc2)n2ncc(Br)c2n1.C#Cc1cnn2c(NCc3cccnc3)cc(-c3ccccc3)nc12.CC(O)c1cc(NCc2cccnc2)n2ncc(Br)c2n1.CO[n+]1cccc(CNc2cc(-c3sccc3Br)nc3c(Br)cnn23)c1. The lowest BCUT2D eigenvalue weighted by Gasteiger charge is -2.11. The molecule has 0 bridgehead atoms. The quantitative estimate of drug-likeness (QED) is 0.0420. The Hall–Kier alpha value is -9.38. The Labute approximate surface area is 599 Å². The fourth-order valence-corrected chi connectivity index (χ4v) is 13.7. The standard InChI is InChI=1S/C20H15N5.C17H14Br2N5OS.C16H11Br2N5S.C14H14BrN5O/c1-2-16-14-23-25-19(22-13-15-7-6-10-21-12-15)11-18(24-20(16)25)17-8-4-3-5-9-17;1-25-23-5-2-3-11(10-23)8-20-15-7-14(16-12(18)4-6-26-16)22-17-13(19)9-21-24(15)17;17-11-3-5-24-15(11)13-6-14(20-8-10-2-1-4-19-7-10)23-16(22-13)12(18)9-21-23;1-9(21)12-5-13(17-7-10-3-2-4-16-6-10)20-14(19-12)11(15)8-18-20/h1,3-12,14,22H,13H2;2-7,9-10,20H,8H2,1H3;1-7,9,20H,8H2;2-6,8-9,17,21H,7H2,1H3/q;+1;;. The number of nitrogens with zero attached hydrogens (tertiary/aromatic N) is 16. The van der Waals surface area contributed by atoms with Gasteiger partial charge in [0, 0.05) is 118 Å². The number of pyridine rings is 4. The van der Waals surface area contributed by atoms with Gasteiger partial charge in [-0.3, -0.25) is 19.8 Å². The van der Waals surface area contributed by atoms with Crippen LogP contribution in [0.2, 0.25) is 0 Å². The number of benzene rings is 1. The molecule has 0 saturated carbocycles. The van der Waals surface area contributed by atoms with Crippen molar-refractivity contribution >= 4 is 148 Å². The van der Waals surface area contributed by atoms with Crippen molar-refractivity contribution < 1.29 is 14.7 Å².